The lowest BCUT2D eigenvalue weighted by atomic mass is 10.2. The van der Waals surface area contributed by atoms with Gasteiger partial charge in [-0.1, -0.05) is 41.9 Å². The Kier molecular flexibility index (Phi) is 8.36. The summed E-state index contributed by atoms with van der Waals surface area (Å²) in [7, 11) is 1.67. The molecule has 0 radical (unpaired) electrons. The van der Waals surface area contributed by atoms with Crippen molar-refractivity contribution in [1.29, 1.82) is 0 Å². The summed E-state index contributed by atoms with van der Waals surface area (Å²) in [6.07, 6.45) is 2.79. The number of aromatic nitrogens is 1. The number of hydrogen-bond acceptors (Lipinski definition) is 3. The van der Waals surface area contributed by atoms with Crippen LogP contribution in [0.3, 0.4) is 0 Å². The SMILES string of the molecule is COCCCN(Cc1cccn1Cc1cccc(Cl)c1)C(=O)COc1ccccc1. The third-order valence-corrected chi connectivity index (χ3v) is 4.99. The summed E-state index contributed by atoms with van der Waals surface area (Å²) in [4.78, 5) is 14.7. The number of carbonyl (C=O) groups is 1. The molecule has 0 saturated carbocycles. The molecule has 3 aromatic rings. The van der Waals surface area contributed by atoms with Crippen LogP contribution in [0, 0.1) is 0 Å². The summed E-state index contributed by atoms with van der Waals surface area (Å²) >= 11 is 6.12. The van der Waals surface area contributed by atoms with Crippen molar-refractivity contribution in [2.45, 2.75) is 19.5 Å². The maximum atomic E-state index is 12.9. The van der Waals surface area contributed by atoms with Crippen LogP contribution in [-0.2, 0) is 22.6 Å². The predicted molar refractivity (Wildman–Crippen MR) is 119 cm³/mol. The zero-order chi connectivity index (χ0) is 21.2. The summed E-state index contributed by atoms with van der Waals surface area (Å²) in [5, 5.41) is 0.718. The Morgan fingerprint density at radius 2 is 1.90 bits per heavy atom. The molecular weight excluding hydrogens is 400 g/mol. The predicted octanol–water partition coefficient (Wildman–Crippen LogP) is 4.63. The van der Waals surface area contributed by atoms with Gasteiger partial charge in [-0.25, -0.2) is 0 Å². The fraction of sp³-hybridized carbons (Fsp3) is 0.292. The molecule has 1 amide bonds. The molecule has 1 aromatic heterocycles. The quantitative estimate of drug-likeness (QED) is 0.420. The molecule has 0 atom stereocenters. The van der Waals surface area contributed by atoms with E-state index in [1.807, 2.05) is 77.8 Å². The third kappa shape index (κ3) is 6.65. The third-order valence-electron chi connectivity index (χ3n) is 4.75. The van der Waals surface area contributed by atoms with E-state index in [2.05, 4.69) is 4.57 Å². The highest BCUT2D eigenvalue weighted by atomic mass is 35.5. The summed E-state index contributed by atoms with van der Waals surface area (Å²) in [6, 6.07) is 21.2. The first kappa shape index (κ1) is 21.9. The molecule has 0 aliphatic carbocycles. The van der Waals surface area contributed by atoms with Crippen LogP contribution < -0.4 is 4.74 Å². The number of ether oxygens (including phenoxy) is 2. The lowest BCUT2D eigenvalue weighted by Gasteiger charge is -2.24. The summed E-state index contributed by atoms with van der Waals surface area (Å²) in [6.45, 7) is 2.42. The van der Waals surface area contributed by atoms with Gasteiger partial charge in [0.25, 0.3) is 5.91 Å². The molecule has 0 fully saturated rings. The van der Waals surface area contributed by atoms with Crippen molar-refractivity contribution >= 4 is 17.5 Å². The number of carbonyl (C=O) groups excluding carboxylic acids is 1. The van der Waals surface area contributed by atoms with E-state index in [1.54, 1.807) is 7.11 Å². The van der Waals surface area contributed by atoms with Gasteiger partial charge in [0.05, 0.1) is 6.54 Å². The van der Waals surface area contributed by atoms with Gasteiger partial charge in [0.2, 0.25) is 0 Å². The second-order valence-corrected chi connectivity index (χ2v) is 7.46. The molecular formula is C24H27ClN2O3. The molecule has 158 valence electrons. The highest BCUT2D eigenvalue weighted by Crippen LogP contribution is 2.15. The molecule has 0 spiro atoms. The van der Waals surface area contributed by atoms with Crippen molar-refractivity contribution < 1.29 is 14.3 Å². The minimum absolute atomic E-state index is 0.00595. The van der Waals surface area contributed by atoms with E-state index in [0.717, 1.165) is 22.7 Å². The molecule has 0 aliphatic rings. The van der Waals surface area contributed by atoms with Gasteiger partial charge < -0.3 is 18.9 Å². The van der Waals surface area contributed by atoms with Gasteiger partial charge >= 0.3 is 0 Å². The van der Waals surface area contributed by atoms with E-state index in [-0.39, 0.29) is 12.5 Å². The van der Waals surface area contributed by atoms with E-state index >= 15 is 0 Å². The maximum absolute atomic E-state index is 12.9. The average molecular weight is 427 g/mol. The normalized spacial score (nSPS) is 10.7. The average Bonchev–Trinajstić information content (AvgIpc) is 3.18. The van der Waals surface area contributed by atoms with Crippen molar-refractivity contribution in [2.24, 2.45) is 0 Å². The molecule has 0 saturated heterocycles. The smallest absolute Gasteiger partial charge is 0.260 e. The number of amides is 1. The number of halogens is 1. The molecule has 3 rings (SSSR count). The Balaban J connectivity index is 1.67. The number of rotatable bonds is 11. The zero-order valence-electron chi connectivity index (χ0n) is 17.2. The van der Waals surface area contributed by atoms with Crippen molar-refractivity contribution in [3.63, 3.8) is 0 Å². The van der Waals surface area contributed by atoms with E-state index in [9.17, 15) is 4.79 Å². The molecule has 2 aromatic carbocycles. The fourth-order valence-corrected chi connectivity index (χ4v) is 3.43. The largest absolute Gasteiger partial charge is 0.484 e. The fourth-order valence-electron chi connectivity index (χ4n) is 3.22. The summed E-state index contributed by atoms with van der Waals surface area (Å²) in [5.41, 5.74) is 2.17. The molecule has 0 aliphatic heterocycles. The molecule has 0 bridgehead atoms. The van der Waals surface area contributed by atoms with Crippen LogP contribution in [0.25, 0.3) is 0 Å². The van der Waals surface area contributed by atoms with Gasteiger partial charge in [0.1, 0.15) is 5.75 Å². The molecule has 0 N–H and O–H groups in total. The molecule has 5 nitrogen and oxygen atoms in total. The van der Waals surface area contributed by atoms with Gasteiger partial charge in [0, 0.05) is 43.7 Å². The number of nitrogens with zero attached hydrogens (tertiary/aromatic N) is 2. The van der Waals surface area contributed by atoms with E-state index in [1.165, 1.54) is 0 Å². The Morgan fingerprint density at radius 1 is 1.07 bits per heavy atom. The van der Waals surface area contributed by atoms with Crippen LogP contribution >= 0.6 is 11.6 Å². The van der Waals surface area contributed by atoms with Crippen molar-refractivity contribution in [3.8, 4) is 5.75 Å². The van der Waals surface area contributed by atoms with Crippen LogP contribution in [0.4, 0.5) is 0 Å². The number of benzene rings is 2. The number of methoxy groups -OCH3 is 1. The van der Waals surface area contributed by atoms with Crippen LogP contribution in [0.2, 0.25) is 5.02 Å². The van der Waals surface area contributed by atoms with Gasteiger partial charge in [0.15, 0.2) is 6.61 Å². The van der Waals surface area contributed by atoms with Gasteiger partial charge in [-0.05, 0) is 48.4 Å². The first-order valence-electron chi connectivity index (χ1n) is 9.98. The first-order valence-corrected chi connectivity index (χ1v) is 10.4. The zero-order valence-corrected chi connectivity index (χ0v) is 17.9. The van der Waals surface area contributed by atoms with Crippen molar-refractivity contribution in [3.05, 3.63) is 89.2 Å². The highest BCUT2D eigenvalue weighted by Gasteiger charge is 2.16. The molecule has 1 heterocycles. The van der Waals surface area contributed by atoms with Gasteiger partial charge in [-0.2, -0.15) is 0 Å². The molecule has 30 heavy (non-hydrogen) atoms. The minimum atomic E-state index is -0.0505. The van der Waals surface area contributed by atoms with E-state index in [0.29, 0.717) is 32.0 Å². The van der Waals surface area contributed by atoms with Crippen LogP contribution in [0.15, 0.2) is 72.9 Å². The van der Waals surface area contributed by atoms with E-state index in [4.69, 9.17) is 21.1 Å². The Hall–Kier alpha value is -2.76. The Labute approximate surface area is 182 Å². The number of hydrogen-bond donors (Lipinski definition) is 0. The monoisotopic (exact) mass is 426 g/mol. The van der Waals surface area contributed by atoms with Crippen molar-refractivity contribution in [2.75, 3.05) is 26.9 Å². The second-order valence-electron chi connectivity index (χ2n) is 7.02. The lowest BCUT2D eigenvalue weighted by molar-refractivity contribution is -0.134. The van der Waals surface area contributed by atoms with Gasteiger partial charge in [-0.3, -0.25) is 4.79 Å². The highest BCUT2D eigenvalue weighted by molar-refractivity contribution is 6.30. The standard InChI is InChI=1S/C24H27ClN2O3/c1-29-15-7-14-27(24(28)19-30-23-11-3-2-4-12-23)18-22-10-6-13-26(22)17-20-8-5-9-21(25)16-20/h2-6,8-13,16H,7,14-15,17-19H2,1H3. The molecule has 0 unspecified atom stereocenters. The Bertz CT molecular complexity index is 927. The summed E-state index contributed by atoms with van der Waals surface area (Å²) in [5.74, 6) is 0.637. The van der Waals surface area contributed by atoms with Crippen LogP contribution in [0.5, 0.6) is 5.75 Å². The Morgan fingerprint density at radius 3 is 2.67 bits per heavy atom. The van der Waals surface area contributed by atoms with E-state index < -0.39 is 0 Å². The lowest BCUT2D eigenvalue weighted by Crippen LogP contribution is -2.36. The topological polar surface area (TPSA) is 43.7 Å². The first-order chi connectivity index (χ1) is 14.7. The van der Waals surface area contributed by atoms with Crippen LogP contribution in [0.1, 0.15) is 17.7 Å². The molecule has 6 heteroatoms. The summed E-state index contributed by atoms with van der Waals surface area (Å²) < 4.78 is 13.0. The number of para-hydroxylation sites is 1. The van der Waals surface area contributed by atoms with Gasteiger partial charge in [-0.15, -0.1) is 0 Å². The van der Waals surface area contributed by atoms with Crippen LogP contribution in [-0.4, -0.2) is 42.2 Å². The maximum Gasteiger partial charge on any atom is 0.260 e. The van der Waals surface area contributed by atoms with Crippen molar-refractivity contribution in [1.82, 2.24) is 9.47 Å². The minimum Gasteiger partial charge on any atom is -0.484 e. The second kappa shape index (κ2) is 11.4.